The molecular formula is C20H28N4O2. The smallest absolute Gasteiger partial charge is 0.327 e. The molecule has 1 aromatic carbocycles. The van der Waals surface area contributed by atoms with Crippen molar-refractivity contribution in [2.45, 2.75) is 39.3 Å². The molecule has 0 bridgehead atoms. The maximum atomic E-state index is 12.1. The molecule has 2 N–H and O–H groups in total. The number of aromatic nitrogens is 2. The van der Waals surface area contributed by atoms with Gasteiger partial charge in [0.2, 0.25) is 0 Å². The Bertz CT molecular complexity index is 756. The molecule has 6 nitrogen and oxygen atoms in total. The number of carbonyl (C=O) groups is 1. The Balaban J connectivity index is 1.84. The summed E-state index contributed by atoms with van der Waals surface area (Å²) in [7, 11) is 0. The molecule has 140 valence electrons. The van der Waals surface area contributed by atoms with Crippen LogP contribution in [0.4, 0.5) is 0 Å². The van der Waals surface area contributed by atoms with E-state index < -0.39 is 12.0 Å². The average Bonchev–Trinajstić information content (AvgIpc) is 2.97. The van der Waals surface area contributed by atoms with Crippen LogP contribution in [0.2, 0.25) is 0 Å². The van der Waals surface area contributed by atoms with E-state index in [1.807, 2.05) is 42.2 Å². The predicted molar refractivity (Wildman–Crippen MR) is 102 cm³/mol. The number of nitrogens with one attached hydrogen (secondary N) is 1. The first-order valence-electron chi connectivity index (χ1n) is 9.11. The molecule has 1 fully saturated rings. The van der Waals surface area contributed by atoms with Gasteiger partial charge in [0, 0.05) is 43.0 Å². The lowest BCUT2D eigenvalue weighted by atomic mass is 10.0. The first-order chi connectivity index (χ1) is 12.3. The van der Waals surface area contributed by atoms with Crippen LogP contribution in [0.1, 0.15) is 38.2 Å². The second-order valence-electron chi connectivity index (χ2n) is 7.90. The largest absolute Gasteiger partial charge is 0.480 e. The lowest BCUT2D eigenvalue weighted by molar-refractivity contribution is -0.144. The van der Waals surface area contributed by atoms with Gasteiger partial charge >= 0.3 is 5.97 Å². The van der Waals surface area contributed by atoms with E-state index in [1.54, 1.807) is 0 Å². The minimum Gasteiger partial charge on any atom is -0.480 e. The number of piperazine rings is 1. The molecule has 2 heterocycles. The fourth-order valence-electron chi connectivity index (χ4n) is 3.57. The zero-order valence-electron chi connectivity index (χ0n) is 16.0. The van der Waals surface area contributed by atoms with E-state index in [2.05, 4.69) is 35.6 Å². The van der Waals surface area contributed by atoms with Crippen LogP contribution in [-0.4, -0.2) is 62.6 Å². The molecule has 1 atom stereocenters. The summed E-state index contributed by atoms with van der Waals surface area (Å²) in [4.78, 5) is 24.4. The Morgan fingerprint density at radius 2 is 1.77 bits per heavy atom. The average molecular weight is 356 g/mol. The molecule has 2 aromatic rings. The van der Waals surface area contributed by atoms with Gasteiger partial charge in [-0.1, -0.05) is 30.3 Å². The minimum absolute atomic E-state index is 0.105. The fourth-order valence-corrected chi connectivity index (χ4v) is 3.57. The summed E-state index contributed by atoms with van der Waals surface area (Å²) in [6.07, 6.45) is 0. The number of carboxylic acid groups (broad SMARTS) is 1. The number of aliphatic carboxylic acids is 1. The molecule has 1 saturated heterocycles. The van der Waals surface area contributed by atoms with Crippen molar-refractivity contribution in [2.24, 2.45) is 0 Å². The van der Waals surface area contributed by atoms with E-state index in [9.17, 15) is 9.90 Å². The normalized spacial score (nSPS) is 18.0. The summed E-state index contributed by atoms with van der Waals surface area (Å²) in [6.45, 7) is 11.7. The number of imidazole rings is 1. The van der Waals surface area contributed by atoms with Gasteiger partial charge in [0.05, 0.1) is 5.69 Å². The van der Waals surface area contributed by atoms with E-state index in [0.29, 0.717) is 5.69 Å². The van der Waals surface area contributed by atoms with Crippen molar-refractivity contribution < 1.29 is 9.90 Å². The molecule has 1 aromatic heterocycles. The van der Waals surface area contributed by atoms with Crippen LogP contribution in [0, 0.1) is 6.92 Å². The summed E-state index contributed by atoms with van der Waals surface area (Å²) in [6, 6.07) is 9.08. The zero-order valence-corrected chi connectivity index (χ0v) is 16.0. The highest BCUT2D eigenvalue weighted by atomic mass is 16.4. The number of nitrogens with zero attached hydrogens (tertiary/aromatic N) is 3. The first-order valence-corrected chi connectivity index (χ1v) is 9.11. The quantitative estimate of drug-likeness (QED) is 0.881. The number of hydrogen-bond acceptors (Lipinski definition) is 4. The van der Waals surface area contributed by atoms with E-state index >= 15 is 0 Å². The van der Waals surface area contributed by atoms with Gasteiger partial charge in [-0.15, -0.1) is 0 Å². The van der Waals surface area contributed by atoms with Crippen LogP contribution < -0.4 is 0 Å². The van der Waals surface area contributed by atoms with Gasteiger partial charge in [0.1, 0.15) is 5.82 Å². The van der Waals surface area contributed by atoms with Crippen LogP contribution >= 0.6 is 0 Å². The SMILES string of the molecule is Cc1[nH]c(-c2ccccc2)nc1C(C(=O)O)N1CCN(C(C)(C)C)CC1. The van der Waals surface area contributed by atoms with E-state index in [1.165, 1.54) is 0 Å². The van der Waals surface area contributed by atoms with Gasteiger partial charge in [-0.25, -0.2) is 4.98 Å². The third-order valence-electron chi connectivity index (χ3n) is 5.09. The Morgan fingerprint density at radius 1 is 1.15 bits per heavy atom. The van der Waals surface area contributed by atoms with Crippen molar-refractivity contribution in [1.29, 1.82) is 0 Å². The van der Waals surface area contributed by atoms with Gasteiger partial charge < -0.3 is 10.1 Å². The second kappa shape index (κ2) is 7.21. The number of carboxylic acids is 1. The van der Waals surface area contributed by atoms with Gasteiger partial charge in [-0.3, -0.25) is 14.6 Å². The van der Waals surface area contributed by atoms with Gasteiger partial charge in [0.15, 0.2) is 6.04 Å². The number of rotatable bonds is 4. The van der Waals surface area contributed by atoms with Crippen molar-refractivity contribution in [3.8, 4) is 11.4 Å². The summed E-state index contributed by atoms with van der Waals surface area (Å²) in [5.41, 5.74) is 2.49. The lowest BCUT2D eigenvalue weighted by Gasteiger charge is -2.43. The number of aromatic amines is 1. The fraction of sp³-hybridized carbons (Fsp3) is 0.500. The molecule has 1 aliphatic rings. The Morgan fingerprint density at radius 3 is 2.31 bits per heavy atom. The molecule has 1 aliphatic heterocycles. The third kappa shape index (κ3) is 3.81. The lowest BCUT2D eigenvalue weighted by Crippen LogP contribution is -2.54. The number of benzene rings is 1. The molecule has 0 spiro atoms. The van der Waals surface area contributed by atoms with Crippen molar-refractivity contribution >= 4 is 5.97 Å². The van der Waals surface area contributed by atoms with Crippen molar-refractivity contribution in [1.82, 2.24) is 19.8 Å². The molecule has 26 heavy (non-hydrogen) atoms. The Labute approximate surface area is 154 Å². The van der Waals surface area contributed by atoms with Crippen LogP contribution in [0.15, 0.2) is 30.3 Å². The minimum atomic E-state index is -0.844. The molecule has 6 heteroatoms. The van der Waals surface area contributed by atoms with E-state index in [0.717, 1.165) is 43.3 Å². The van der Waals surface area contributed by atoms with Crippen LogP contribution in [-0.2, 0) is 4.79 Å². The number of hydrogen-bond donors (Lipinski definition) is 2. The predicted octanol–water partition coefficient (Wildman–Crippen LogP) is 2.93. The summed E-state index contributed by atoms with van der Waals surface area (Å²) in [5.74, 6) is -0.124. The van der Waals surface area contributed by atoms with E-state index in [-0.39, 0.29) is 5.54 Å². The zero-order chi connectivity index (χ0) is 18.9. The molecule has 1 unspecified atom stereocenters. The summed E-state index contributed by atoms with van der Waals surface area (Å²) >= 11 is 0. The van der Waals surface area contributed by atoms with Gasteiger partial charge in [-0.05, 0) is 27.7 Å². The van der Waals surface area contributed by atoms with E-state index in [4.69, 9.17) is 0 Å². The topological polar surface area (TPSA) is 72.5 Å². The third-order valence-corrected chi connectivity index (χ3v) is 5.09. The summed E-state index contributed by atoms with van der Waals surface area (Å²) < 4.78 is 0. The van der Waals surface area contributed by atoms with Crippen LogP contribution in [0.5, 0.6) is 0 Å². The maximum Gasteiger partial charge on any atom is 0.327 e. The van der Waals surface area contributed by atoms with Gasteiger partial charge in [0.25, 0.3) is 0 Å². The highest BCUT2D eigenvalue weighted by Gasteiger charge is 2.35. The number of aryl methyl sites for hydroxylation is 1. The Kier molecular flexibility index (Phi) is 5.16. The van der Waals surface area contributed by atoms with Crippen LogP contribution in [0.3, 0.4) is 0 Å². The molecule has 0 saturated carbocycles. The molecule has 0 radical (unpaired) electrons. The van der Waals surface area contributed by atoms with Gasteiger partial charge in [-0.2, -0.15) is 0 Å². The standard InChI is InChI=1S/C20H28N4O2/c1-14-16(22-18(21-14)15-8-6-5-7-9-15)17(19(25)26)23-10-12-24(13-11-23)20(2,3)4/h5-9,17H,10-13H2,1-4H3,(H,21,22)(H,25,26). The number of H-pyrrole nitrogens is 1. The molecule has 0 amide bonds. The summed E-state index contributed by atoms with van der Waals surface area (Å²) in [5, 5.41) is 9.90. The highest BCUT2D eigenvalue weighted by molar-refractivity contribution is 5.76. The molecule has 3 rings (SSSR count). The second-order valence-corrected chi connectivity index (χ2v) is 7.90. The van der Waals surface area contributed by atoms with Crippen LogP contribution in [0.25, 0.3) is 11.4 Å². The Hall–Kier alpha value is -2.18. The van der Waals surface area contributed by atoms with Crippen molar-refractivity contribution in [3.63, 3.8) is 0 Å². The van der Waals surface area contributed by atoms with Crippen molar-refractivity contribution in [2.75, 3.05) is 26.2 Å². The monoisotopic (exact) mass is 356 g/mol. The maximum absolute atomic E-state index is 12.1. The van der Waals surface area contributed by atoms with Crippen molar-refractivity contribution in [3.05, 3.63) is 41.7 Å². The first kappa shape index (κ1) is 18.6. The molecular weight excluding hydrogens is 328 g/mol. The molecule has 0 aliphatic carbocycles. The highest BCUT2D eigenvalue weighted by Crippen LogP contribution is 2.28.